The number of carbonyl (C=O) groups excluding carboxylic acids is 1. The molecule has 100 valence electrons. The van der Waals surface area contributed by atoms with Gasteiger partial charge in [-0.3, -0.25) is 4.79 Å². The van der Waals surface area contributed by atoms with Gasteiger partial charge < -0.3 is 27.2 Å². The van der Waals surface area contributed by atoms with Crippen molar-refractivity contribution in [2.75, 3.05) is 26.2 Å². The van der Waals surface area contributed by atoms with E-state index in [2.05, 4.69) is 28.9 Å². The number of aryl methyl sites for hydroxylation is 2. The van der Waals surface area contributed by atoms with E-state index in [1.165, 1.54) is 5.56 Å². The van der Waals surface area contributed by atoms with Crippen LogP contribution in [0.2, 0.25) is 0 Å². The third-order valence-corrected chi connectivity index (χ3v) is 3.11. The molecule has 18 heavy (non-hydrogen) atoms. The number of nitrogens with one attached hydrogen (secondary N) is 1. The number of piperazine rings is 1. The van der Waals surface area contributed by atoms with Crippen molar-refractivity contribution in [3.05, 3.63) is 30.1 Å². The SMILES string of the molecule is Cc1cc[n+](CCC(=O)N2CCNCC2)cc1.[Br-]. The number of halogens is 1. The third kappa shape index (κ3) is 4.38. The Labute approximate surface area is 119 Å². The molecule has 1 saturated heterocycles. The highest BCUT2D eigenvalue weighted by Crippen LogP contribution is 1.97. The van der Waals surface area contributed by atoms with Crippen LogP contribution < -0.4 is 26.9 Å². The van der Waals surface area contributed by atoms with Gasteiger partial charge in [-0.15, -0.1) is 0 Å². The van der Waals surface area contributed by atoms with Crippen LogP contribution in [0.15, 0.2) is 24.5 Å². The molecule has 4 nitrogen and oxygen atoms in total. The molecular formula is C13H20BrN3O. The van der Waals surface area contributed by atoms with Crippen LogP contribution >= 0.6 is 0 Å². The predicted molar refractivity (Wildman–Crippen MR) is 65.4 cm³/mol. The first-order valence-electron chi connectivity index (χ1n) is 6.20. The van der Waals surface area contributed by atoms with Crippen LogP contribution in [0.1, 0.15) is 12.0 Å². The molecule has 1 aromatic heterocycles. The fourth-order valence-electron chi connectivity index (χ4n) is 1.98. The van der Waals surface area contributed by atoms with E-state index in [1.807, 2.05) is 17.3 Å². The summed E-state index contributed by atoms with van der Waals surface area (Å²) < 4.78 is 2.06. The van der Waals surface area contributed by atoms with Crippen LogP contribution in [0.4, 0.5) is 0 Å². The summed E-state index contributed by atoms with van der Waals surface area (Å²) in [6.07, 6.45) is 4.65. The van der Waals surface area contributed by atoms with Crippen molar-refractivity contribution in [2.24, 2.45) is 0 Å². The Balaban J connectivity index is 0.00000162. The Morgan fingerprint density at radius 3 is 2.56 bits per heavy atom. The molecule has 1 aromatic rings. The molecule has 1 N–H and O–H groups in total. The number of amides is 1. The van der Waals surface area contributed by atoms with Gasteiger partial charge in [0.1, 0.15) is 0 Å². The molecule has 2 heterocycles. The maximum Gasteiger partial charge on any atom is 0.229 e. The van der Waals surface area contributed by atoms with E-state index in [1.54, 1.807) is 0 Å². The van der Waals surface area contributed by atoms with Crippen LogP contribution in [0.3, 0.4) is 0 Å². The summed E-state index contributed by atoms with van der Waals surface area (Å²) in [6, 6.07) is 4.13. The largest absolute Gasteiger partial charge is 1.00 e. The second-order valence-electron chi connectivity index (χ2n) is 4.49. The fraction of sp³-hybridized carbons (Fsp3) is 0.538. The molecule has 0 aliphatic carbocycles. The predicted octanol–water partition coefficient (Wildman–Crippen LogP) is -2.89. The van der Waals surface area contributed by atoms with Crippen molar-refractivity contribution in [1.82, 2.24) is 10.2 Å². The monoisotopic (exact) mass is 313 g/mol. The van der Waals surface area contributed by atoms with E-state index in [0.717, 1.165) is 32.7 Å². The summed E-state index contributed by atoms with van der Waals surface area (Å²) in [5.41, 5.74) is 1.25. The Kier molecular flexibility index (Phi) is 6.29. The zero-order valence-electron chi connectivity index (χ0n) is 10.7. The second-order valence-corrected chi connectivity index (χ2v) is 4.49. The fourth-order valence-corrected chi connectivity index (χ4v) is 1.98. The minimum absolute atomic E-state index is 0. The van der Waals surface area contributed by atoms with Crippen molar-refractivity contribution in [3.63, 3.8) is 0 Å². The van der Waals surface area contributed by atoms with E-state index >= 15 is 0 Å². The van der Waals surface area contributed by atoms with Crippen molar-refractivity contribution in [3.8, 4) is 0 Å². The highest BCUT2D eigenvalue weighted by atomic mass is 79.9. The van der Waals surface area contributed by atoms with Crippen LogP contribution in [-0.2, 0) is 11.3 Å². The van der Waals surface area contributed by atoms with Gasteiger partial charge in [-0.25, -0.2) is 4.57 Å². The Morgan fingerprint density at radius 1 is 1.33 bits per heavy atom. The third-order valence-electron chi connectivity index (χ3n) is 3.11. The molecule has 2 rings (SSSR count). The lowest BCUT2D eigenvalue weighted by Gasteiger charge is -2.27. The number of carbonyl (C=O) groups is 1. The number of hydrogen-bond acceptors (Lipinski definition) is 2. The average molecular weight is 314 g/mol. The van der Waals surface area contributed by atoms with E-state index in [4.69, 9.17) is 0 Å². The standard InChI is InChI=1S/C13H20N3O.BrH/c1-12-2-7-15(8-3-12)9-4-13(17)16-10-5-14-6-11-16;/h2-3,7-8,14H,4-6,9-11H2,1H3;1H/q+1;/p-1. The van der Waals surface area contributed by atoms with Crippen molar-refractivity contribution in [1.29, 1.82) is 0 Å². The topological polar surface area (TPSA) is 36.2 Å². The summed E-state index contributed by atoms with van der Waals surface area (Å²) >= 11 is 0. The number of pyridine rings is 1. The van der Waals surface area contributed by atoms with Gasteiger partial charge in [0, 0.05) is 38.3 Å². The first kappa shape index (κ1) is 15.1. The lowest BCUT2D eigenvalue weighted by atomic mass is 10.3. The quantitative estimate of drug-likeness (QED) is 0.608. The zero-order valence-corrected chi connectivity index (χ0v) is 12.3. The van der Waals surface area contributed by atoms with Crippen LogP contribution in [0.5, 0.6) is 0 Å². The molecule has 0 saturated carbocycles. The van der Waals surface area contributed by atoms with Gasteiger partial charge in [0.15, 0.2) is 18.9 Å². The van der Waals surface area contributed by atoms with Crippen molar-refractivity contribution < 1.29 is 26.3 Å². The zero-order chi connectivity index (χ0) is 12.1. The molecule has 1 aliphatic heterocycles. The Hall–Kier alpha value is -0.940. The van der Waals surface area contributed by atoms with Gasteiger partial charge in [-0.05, 0) is 12.5 Å². The molecule has 1 amide bonds. The van der Waals surface area contributed by atoms with Crippen LogP contribution in [0, 0.1) is 6.92 Å². The highest BCUT2D eigenvalue weighted by molar-refractivity contribution is 5.76. The normalized spacial score (nSPS) is 15.1. The summed E-state index contributed by atoms with van der Waals surface area (Å²) in [7, 11) is 0. The average Bonchev–Trinajstić information content (AvgIpc) is 2.39. The van der Waals surface area contributed by atoms with E-state index < -0.39 is 0 Å². The first-order valence-corrected chi connectivity index (χ1v) is 6.20. The van der Waals surface area contributed by atoms with Crippen molar-refractivity contribution in [2.45, 2.75) is 19.9 Å². The van der Waals surface area contributed by atoms with Gasteiger partial charge in [0.05, 0.1) is 6.42 Å². The summed E-state index contributed by atoms with van der Waals surface area (Å²) in [5.74, 6) is 0.263. The van der Waals surface area contributed by atoms with Gasteiger partial charge in [0.25, 0.3) is 0 Å². The van der Waals surface area contributed by atoms with E-state index in [-0.39, 0.29) is 22.9 Å². The van der Waals surface area contributed by atoms with E-state index in [9.17, 15) is 4.79 Å². The van der Waals surface area contributed by atoms with Gasteiger partial charge >= 0.3 is 0 Å². The summed E-state index contributed by atoms with van der Waals surface area (Å²) in [4.78, 5) is 13.9. The molecule has 5 heteroatoms. The molecule has 0 atom stereocenters. The minimum Gasteiger partial charge on any atom is -1.00 e. The minimum atomic E-state index is 0. The molecule has 0 aromatic carbocycles. The maximum atomic E-state index is 11.9. The molecule has 0 radical (unpaired) electrons. The molecule has 1 fully saturated rings. The van der Waals surface area contributed by atoms with Gasteiger partial charge in [0.2, 0.25) is 5.91 Å². The van der Waals surface area contributed by atoms with Crippen molar-refractivity contribution >= 4 is 5.91 Å². The molecule has 1 aliphatic rings. The number of rotatable bonds is 3. The van der Waals surface area contributed by atoms with Crippen LogP contribution in [0.25, 0.3) is 0 Å². The second kappa shape index (κ2) is 7.48. The van der Waals surface area contributed by atoms with Gasteiger partial charge in [-0.2, -0.15) is 0 Å². The molecule has 0 bridgehead atoms. The summed E-state index contributed by atoms with van der Waals surface area (Å²) in [6.45, 7) is 6.36. The molecule has 0 spiro atoms. The smallest absolute Gasteiger partial charge is 0.229 e. The number of aromatic nitrogens is 1. The number of hydrogen-bond donors (Lipinski definition) is 1. The Bertz CT molecular complexity index is 374. The highest BCUT2D eigenvalue weighted by Gasteiger charge is 2.17. The molecule has 0 unspecified atom stereocenters. The lowest BCUT2D eigenvalue weighted by molar-refractivity contribution is -0.696. The summed E-state index contributed by atoms with van der Waals surface area (Å²) in [5, 5.41) is 3.25. The molecular weight excluding hydrogens is 294 g/mol. The van der Waals surface area contributed by atoms with E-state index in [0.29, 0.717) is 6.42 Å². The lowest BCUT2D eigenvalue weighted by Crippen LogP contribution is -3.00. The first-order chi connectivity index (χ1) is 8.25. The maximum absolute atomic E-state index is 11.9. The Morgan fingerprint density at radius 2 is 1.94 bits per heavy atom. The van der Waals surface area contributed by atoms with Gasteiger partial charge in [-0.1, -0.05) is 0 Å². The number of nitrogens with zero attached hydrogens (tertiary/aromatic N) is 2. The van der Waals surface area contributed by atoms with Crippen LogP contribution in [-0.4, -0.2) is 37.0 Å².